The fourth-order valence-electron chi connectivity index (χ4n) is 0.203. The maximum Gasteiger partial charge on any atom is 0.367 e. The average molecular weight is 189 g/mol. The van der Waals surface area contributed by atoms with Crippen LogP contribution in [0.1, 0.15) is 0 Å². The third-order valence-corrected chi connectivity index (χ3v) is 1.53. The van der Waals surface area contributed by atoms with Gasteiger partial charge >= 0.3 is 5.25 Å². The molecule has 0 aliphatic rings. The van der Waals surface area contributed by atoms with Crippen LogP contribution < -0.4 is 0 Å². The van der Waals surface area contributed by atoms with Gasteiger partial charge in [0.25, 0.3) is 6.47 Å². The molecule has 0 saturated heterocycles. The molecule has 0 atom stereocenters. The van der Waals surface area contributed by atoms with E-state index in [-0.39, 0.29) is 6.47 Å². The van der Waals surface area contributed by atoms with Gasteiger partial charge in [0, 0.05) is 0 Å². The molecule has 0 aromatic heterocycles. The van der Waals surface area contributed by atoms with Gasteiger partial charge in [-0.15, -0.1) is 0 Å². The van der Waals surface area contributed by atoms with Crippen molar-refractivity contribution < 1.29 is 31.3 Å². The molecule has 0 aliphatic carbocycles. The van der Waals surface area contributed by atoms with E-state index in [0.29, 0.717) is 0 Å². The number of rotatable bonds is 4. The van der Waals surface area contributed by atoms with Crippen LogP contribution in [0.15, 0.2) is 0 Å². The maximum absolute atomic E-state index is 11.9. The molecular weight excluding hydrogens is 186 g/mol. The molecule has 0 unspecified atom stereocenters. The van der Waals surface area contributed by atoms with E-state index in [1.807, 2.05) is 0 Å². The minimum Gasteiger partial charge on any atom is -0.743 e. The van der Waals surface area contributed by atoms with Crippen molar-refractivity contribution in [3.8, 4) is 0 Å². The second-order valence-corrected chi connectivity index (χ2v) is 3.00. The van der Waals surface area contributed by atoms with Crippen molar-refractivity contribution in [2.24, 2.45) is 0 Å². The molecule has 0 fully saturated rings. The summed E-state index contributed by atoms with van der Waals surface area (Å²) in [4.78, 5) is 9.33. The molecule has 0 spiro atoms. The van der Waals surface area contributed by atoms with Crippen LogP contribution in [0.25, 0.3) is 0 Å². The molecular formula is C3H3F2O5S-. The normalized spacial score (nSPS) is 12.6. The number of hydrogen-bond acceptors (Lipinski definition) is 5. The second-order valence-electron chi connectivity index (χ2n) is 1.50. The lowest BCUT2D eigenvalue weighted by Gasteiger charge is -2.17. The highest BCUT2D eigenvalue weighted by molar-refractivity contribution is 7.86. The number of carbonyl (C=O) groups excluding carboxylic acids is 1. The topological polar surface area (TPSA) is 83.5 Å². The number of hydrogen-bond donors (Lipinski definition) is 0. The molecule has 0 rings (SSSR count). The summed E-state index contributed by atoms with van der Waals surface area (Å²) in [6.07, 6.45) is 0. The van der Waals surface area contributed by atoms with Crippen LogP contribution in [0.4, 0.5) is 8.78 Å². The predicted molar refractivity (Wildman–Crippen MR) is 26.7 cm³/mol. The molecule has 5 nitrogen and oxygen atoms in total. The summed E-state index contributed by atoms with van der Waals surface area (Å²) in [5, 5.41) is -4.55. The Kier molecular flexibility index (Phi) is 2.88. The zero-order chi connectivity index (χ0) is 9.12. The molecule has 0 saturated carbocycles. The Labute approximate surface area is 60.7 Å². The molecule has 11 heavy (non-hydrogen) atoms. The third kappa shape index (κ3) is 2.76. The van der Waals surface area contributed by atoms with E-state index in [9.17, 15) is 26.5 Å². The molecule has 0 bridgehead atoms. The van der Waals surface area contributed by atoms with Crippen molar-refractivity contribution in [3.05, 3.63) is 0 Å². The van der Waals surface area contributed by atoms with E-state index in [2.05, 4.69) is 4.74 Å². The zero-order valence-electron chi connectivity index (χ0n) is 4.99. The first kappa shape index (κ1) is 10.2. The Bertz CT molecular complexity index is 232. The lowest BCUT2D eigenvalue weighted by atomic mass is 10.8. The van der Waals surface area contributed by atoms with E-state index < -0.39 is 22.0 Å². The monoisotopic (exact) mass is 189 g/mol. The molecule has 0 N–H and O–H groups in total. The van der Waals surface area contributed by atoms with E-state index >= 15 is 0 Å². The summed E-state index contributed by atoms with van der Waals surface area (Å²) >= 11 is 0. The van der Waals surface area contributed by atoms with Crippen molar-refractivity contribution in [2.45, 2.75) is 5.25 Å². The molecule has 0 radical (unpaired) electrons. The van der Waals surface area contributed by atoms with Crippen molar-refractivity contribution in [1.29, 1.82) is 0 Å². The van der Waals surface area contributed by atoms with Gasteiger partial charge in [-0.3, -0.25) is 4.79 Å². The van der Waals surface area contributed by atoms with Gasteiger partial charge in [0.05, 0.1) is 0 Å². The van der Waals surface area contributed by atoms with Crippen LogP contribution in [0.3, 0.4) is 0 Å². The van der Waals surface area contributed by atoms with Crippen LogP contribution in [-0.4, -0.2) is 31.3 Å². The minimum absolute atomic E-state index is 0.376. The fraction of sp³-hybridized carbons (Fsp3) is 0.667. The highest BCUT2D eigenvalue weighted by Crippen LogP contribution is 2.19. The summed E-state index contributed by atoms with van der Waals surface area (Å²) in [7, 11) is -5.74. The van der Waals surface area contributed by atoms with Gasteiger partial charge in [-0.05, 0) is 0 Å². The molecule has 66 valence electrons. The molecule has 8 heteroatoms. The molecule has 0 aliphatic heterocycles. The fourth-order valence-corrected chi connectivity index (χ4v) is 0.416. The number of ether oxygens (including phenoxy) is 1. The Morgan fingerprint density at radius 2 is 2.00 bits per heavy atom. The van der Waals surface area contributed by atoms with Gasteiger partial charge in [-0.2, -0.15) is 8.78 Å². The van der Waals surface area contributed by atoms with Gasteiger partial charge in [0.2, 0.25) is 0 Å². The summed E-state index contributed by atoms with van der Waals surface area (Å²) in [6, 6.07) is 0. The van der Waals surface area contributed by atoms with Crippen molar-refractivity contribution in [2.75, 3.05) is 6.61 Å². The maximum atomic E-state index is 11.9. The summed E-state index contributed by atoms with van der Waals surface area (Å²) in [5.41, 5.74) is 0. The van der Waals surface area contributed by atoms with E-state index in [1.54, 1.807) is 0 Å². The molecule has 0 aromatic rings. The van der Waals surface area contributed by atoms with Gasteiger partial charge in [0.15, 0.2) is 16.7 Å². The van der Waals surface area contributed by atoms with Crippen molar-refractivity contribution in [3.63, 3.8) is 0 Å². The Balaban J connectivity index is 4.35. The largest absolute Gasteiger partial charge is 0.743 e. The predicted octanol–water partition coefficient (Wildman–Crippen LogP) is -0.703. The quantitative estimate of drug-likeness (QED) is 0.431. The van der Waals surface area contributed by atoms with Gasteiger partial charge < -0.3 is 9.29 Å². The van der Waals surface area contributed by atoms with Gasteiger partial charge in [-0.25, -0.2) is 8.42 Å². The van der Waals surface area contributed by atoms with Crippen molar-refractivity contribution >= 4 is 16.6 Å². The SMILES string of the molecule is O=COCC(F)(F)S(=O)(=O)[O-]. The summed E-state index contributed by atoms with van der Waals surface area (Å²) in [6.45, 7) is -2.12. The zero-order valence-corrected chi connectivity index (χ0v) is 5.81. The van der Waals surface area contributed by atoms with Crippen LogP contribution in [-0.2, 0) is 19.6 Å². The van der Waals surface area contributed by atoms with Gasteiger partial charge in [-0.1, -0.05) is 0 Å². The van der Waals surface area contributed by atoms with Crippen LogP contribution in [0.5, 0.6) is 0 Å². The van der Waals surface area contributed by atoms with E-state index in [1.165, 1.54) is 0 Å². The Hall–Kier alpha value is -0.760. The second kappa shape index (κ2) is 3.09. The number of alkyl halides is 2. The average Bonchev–Trinajstić information content (AvgIpc) is 1.81. The smallest absolute Gasteiger partial charge is 0.367 e. The highest BCUT2D eigenvalue weighted by Gasteiger charge is 2.38. The standard InChI is InChI=1S/C3H4F2O5S/c4-3(5,1-10-2-6)11(7,8)9/h2H,1H2,(H,7,8,9)/p-1. The highest BCUT2D eigenvalue weighted by atomic mass is 32.2. The van der Waals surface area contributed by atoms with Crippen LogP contribution >= 0.6 is 0 Å². The molecule has 0 aromatic carbocycles. The first-order valence-electron chi connectivity index (χ1n) is 2.20. The minimum atomic E-state index is -5.74. The molecule has 0 amide bonds. The summed E-state index contributed by atoms with van der Waals surface area (Å²) < 4.78 is 56.3. The lowest BCUT2D eigenvalue weighted by Crippen LogP contribution is -2.33. The first-order valence-corrected chi connectivity index (χ1v) is 3.60. The lowest BCUT2D eigenvalue weighted by molar-refractivity contribution is -0.134. The third-order valence-electron chi connectivity index (χ3n) is 0.685. The van der Waals surface area contributed by atoms with Gasteiger partial charge in [0.1, 0.15) is 0 Å². The van der Waals surface area contributed by atoms with Crippen LogP contribution in [0.2, 0.25) is 0 Å². The number of halogens is 2. The Morgan fingerprint density at radius 1 is 1.55 bits per heavy atom. The van der Waals surface area contributed by atoms with Crippen molar-refractivity contribution in [1.82, 2.24) is 0 Å². The first-order chi connectivity index (χ1) is 4.81. The molecule has 0 heterocycles. The van der Waals surface area contributed by atoms with Crippen LogP contribution in [0, 0.1) is 0 Å². The van der Waals surface area contributed by atoms with E-state index in [4.69, 9.17) is 0 Å². The Morgan fingerprint density at radius 3 is 2.27 bits per heavy atom. The number of carbonyl (C=O) groups is 1. The summed E-state index contributed by atoms with van der Waals surface area (Å²) in [5.74, 6) is 0. The van der Waals surface area contributed by atoms with E-state index in [0.717, 1.165) is 0 Å².